The van der Waals surface area contributed by atoms with Gasteiger partial charge in [0.05, 0.1) is 29.2 Å². The molecule has 8 heteroatoms. The number of benzene rings is 1. The van der Waals surface area contributed by atoms with Crippen LogP contribution in [0.5, 0.6) is 0 Å². The van der Waals surface area contributed by atoms with Crippen molar-refractivity contribution in [2.75, 3.05) is 6.61 Å². The molecule has 3 atom stereocenters. The van der Waals surface area contributed by atoms with Crippen LogP contribution in [0, 0.1) is 18.3 Å². The predicted octanol–water partition coefficient (Wildman–Crippen LogP) is 4.17. The maximum Gasteiger partial charge on any atom is 0.416 e. The SMILES string of the molecule is Cc1c(C(=O)O[C@@H]2[C@H]3CCO[C@@H]3C2(C)C)cnn1-c1cccc(C(F)(F)F)c1. The molecular formula is C20H21F3N2O3. The van der Waals surface area contributed by atoms with Gasteiger partial charge in [0.2, 0.25) is 0 Å². The molecule has 2 aromatic rings. The zero-order valence-corrected chi connectivity index (χ0v) is 15.8. The van der Waals surface area contributed by atoms with E-state index in [2.05, 4.69) is 5.10 Å². The Bertz CT molecular complexity index is 920. The van der Waals surface area contributed by atoms with Crippen LogP contribution in [0.2, 0.25) is 0 Å². The van der Waals surface area contributed by atoms with Gasteiger partial charge in [0.25, 0.3) is 0 Å². The topological polar surface area (TPSA) is 53.4 Å². The van der Waals surface area contributed by atoms with Gasteiger partial charge in [0.1, 0.15) is 11.7 Å². The number of esters is 1. The molecule has 0 radical (unpaired) electrons. The minimum absolute atomic E-state index is 0.0965. The molecule has 1 saturated heterocycles. The average molecular weight is 394 g/mol. The van der Waals surface area contributed by atoms with Crippen molar-refractivity contribution in [3.8, 4) is 5.69 Å². The van der Waals surface area contributed by atoms with Crippen molar-refractivity contribution < 1.29 is 27.4 Å². The minimum atomic E-state index is -4.45. The number of ether oxygens (including phenoxy) is 2. The highest BCUT2D eigenvalue weighted by Crippen LogP contribution is 2.53. The zero-order chi connectivity index (χ0) is 20.3. The first-order chi connectivity index (χ1) is 13.1. The van der Waals surface area contributed by atoms with Crippen molar-refractivity contribution in [2.24, 2.45) is 11.3 Å². The summed E-state index contributed by atoms with van der Waals surface area (Å²) < 4.78 is 51.7. The fourth-order valence-electron chi connectivity index (χ4n) is 4.38. The van der Waals surface area contributed by atoms with Crippen LogP contribution < -0.4 is 0 Å². The van der Waals surface area contributed by atoms with Crippen molar-refractivity contribution in [2.45, 2.75) is 45.6 Å². The lowest BCUT2D eigenvalue weighted by molar-refractivity contribution is -0.183. The highest BCUT2D eigenvalue weighted by Gasteiger charge is 2.61. The van der Waals surface area contributed by atoms with E-state index in [-0.39, 0.29) is 34.8 Å². The van der Waals surface area contributed by atoms with E-state index in [1.54, 1.807) is 6.92 Å². The normalized spacial score (nSPS) is 25.9. The van der Waals surface area contributed by atoms with Gasteiger partial charge in [-0.15, -0.1) is 0 Å². The van der Waals surface area contributed by atoms with Gasteiger partial charge < -0.3 is 9.47 Å². The molecule has 1 aliphatic carbocycles. The van der Waals surface area contributed by atoms with Crippen LogP contribution in [0.1, 0.15) is 41.9 Å². The van der Waals surface area contributed by atoms with Gasteiger partial charge in [-0.25, -0.2) is 9.48 Å². The smallest absolute Gasteiger partial charge is 0.416 e. The van der Waals surface area contributed by atoms with E-state index in [0.29, 0.717) is 12.3 Å². The van der Waals surface area contributed by atoms with E-state index >= 15 is 0 Å². The summed E-state index contributed by atoms with van der Waals surface area (Å²) in [6.45, 7) is 6.32. The van der Waals surface area contributed by atoms with Crippen LogP contribution in [-0.4, -0.2) is 34.6 Å². The Balaban J connectivity index is 1.57. The Labute approximate surface area is 160 Å². The molecule has 1 aromatic heterocycles. The number of hydrogen-bond acceptors (Lipinski definition) is 4. The van der Waals surface area contributed by atoms with Crippen molar-refractivity contribution in [1.82, 2.24) is 9.78 Å². The van der Waals surface area contributed by atoms with E-state index in [4.69, 9.17) is 9.47 Å². The lowest BCUT2D eigenvalue weighted by Crippen LogP contribution is -2.61. The van der Waals surface area contributed by atoms with Crippen LogP contribution in [0.15, 0.2) is 30.5 Å². The highest BCUT2D eigenvalue weighted by atomic mass is 19.4. The second kappa shape index (κ2) is 6.34. The average Bonchev–Trinajstić information content (AvgIpc) is 3.24. The van der Waals surface area contributed by atoms with Crippen LogP contribution in [-0.2, 0) is 15.7 Å². The van der Waals surface area contributed by atoms with Gasteiger partial charge in [-0.1, -0.05) is 19.9 Å². The van der Waals surface area contributed by atoms with Crippen molar-refractivity contribution in [1.29, 1.82) is 0 Å². The molecule has 2 fully saturated rings. The molecule has 0 N–H and O–H groups in total. The molecule has 1 aromatic carbocycles. The first-order valence-electron chi connectivity index (χ1n) is 9.15. The number of aromatic nitrogens is 2. The van der Waals surface area contributed by atoms with Crippen LogP contribution in [0.25, 0.3) is 5.69 Å². The van der Waals surface area contributed by atoms with Gasteiger partial charge in [0, 0.05) is 17.9 Å². The summed E-state index contributed by atoms with van der Waals surface area (Å²) in [4.78, 5) is 12.7. The summed E-state index contributed by atoms with van der Waals surface area (Å²) in [5, 5.41) is 4.11. The molecule has 0 bridgehead atoms. The van der Waals surface area contributed by atoms with Gasteiger partial charge in [-0.05, 0) is 31.5 Å². The van der Waals surface area contributed by atoms with Crippen molar-refractivity contribution in [3.05, 3.63) is 47.3 Å². The number of carbonyl (C=O) groups is 1. The molecule has 1 saturated carbocycles. The van der Waals surface area contributed by atoms with E-state index < -0.39 is 17.7 Å². The van der Waals surface area contributed by atoms with Gasteiger partial charge in [0.15, 0.2) is 0 Å². The number of alkyl halides is 3. The zero-order valence-electron chi connectivity index (χ0n) is 15.8. The first kappa shape index (κ1) is 19.0. The standard InChI is InChI=1S/C20H21F3N2O3/c1-11-15(18(26)28-17-14-7-8-27-16(14)19(17,2)3)10-24-25(11)13-6-4-5-12(9-13)20(21,22)23/h4-6,9-10,14,16-17H,7-8H2,1-3H3/t14-,16-,17+/m0/s1. The summed E-state index contributed by atoms with van der Waals surface area (Å²) >= 11 is 0. The Hall–Kier alpha value is -2.35. The third-order valence-electron chi connectivity index (χ3n) is 5.87. The van der Waals surface area contributed by atoms with Gasteiger partial charge in [-0.3, -0.25) is 0 Å². The molecule has 4 rings (SSSR count). The van der Waals surface area contributed by atoms with E-state index in [0.717, 1.165) is 18.6 Å². The molecule has 28 heavy (non-hydrogen) atoms. The Morgan fingerprint density at radius 3 is 2.82 bits per heavy atom. The number of fused-ring (bicyclic) bond motifs is 1. The second-order valence-corrected chi connectivity index (χ2v) is 7.99. The fourth-order valence-corrected chi connectivity index (χ4v) is 4.38. The molecule has 2 heterocycles. The van der Waals surface area contributed by atoms with Gasteiger partial charge in [-0.2, -0.15) is 18.3 Å². The third kappa shape index (κ3) is 2.90. The van der Waals surface area contributed by atoms with E-state index in [1.165, 1.54) is 23.0 Å². The van der Waals surface area contributed by atoms with E-state index in [9.17, 15) is 18.0 Å². The summed E-state index contributed by atoms with van der Waals surface area (Å²) in [5.74, 6) is -0.322. The first-order valence-corrected chi connectivity index (χ1v) is 9.15. The van der Waals surface area contributed by atoms with Gasteiger partial charge >= 0.3 is 12.1 Å². The summed E-state index contributed by atoms with van der Waals surface area (Å²) in [6.07, 6.45) is -2.40. The maximum absolute atomic E-state index is 13.0. The van der Waals surface area contributed by atoms with Crippen LogP contribution in [0.3, 0.4) is 0 Å². The molecule has 1 aliphatic heterocycles. The molecule has 0 amide bonds. The molecule has 2 aliphatic rings. The maximum atomic E-state index is 13.0. The van der Waals surface area contributed by atoms with Crippen molar-refractivity contribution in [3.63, 3.8) is 0 Å². The quantitative estimate of drug-likeness (QED) is 0.734. The summed E-state index contributed by atoms with van der Waals surface area (Å²) in [5.41, 5.74) is -0.120. The van der Waals surface area contributed by atoms with Crippen molar-refractivity contribution >= 4 is 5.97 Å². The van der Waals surface area contributed by atoms with E-state index in [1.807, 2.05) is 13.8 Å². The largest absolute Gasteiger partial charge is 0.458 e. The van der Waals surface area contributed by atoms with Crippen LogP contribution >= 0.6 is 0 Å². The summed E-state index contributed by atoms with van der Waals surface area (Å²) in [6, 6.07) is 4.83. The molecule has 5 nitrogen and oxygen atoms in total. The number of halogens is 3. The Morgan fingerprint density at radius 2 is 2.11 bits per heavy atom. The monoisotopic (exact) mass is 394 g/mol. The minimum Gasteiger partial charge on any atom is -0.458 e. The number of hydrogen-bond donors (Lipinski definition) is 0. The lowest BCUT2D eigenvalue weighted by Gasteiger charge is -2.53. The second-order valence-electron chi connectivity index (χ2n) is 7.99. The Morgan fingerprint density at radius 1 is 1.36 bits per heavy atom. The fraction of sp³-hybridized carbons (Fsp3) is 0.500. The number of nitrogens with zero attached hydrogens (tertiary/aromatic N) is 2. The molecule has 0 unspecified atom stereocenters. The number of carbonyl (C=O) groups excluding carboxylic acids is 1. The molecule has 150 valence electrons. The number of rotatable bonds is 3. The lowest BCUT2D eigenvalue weighted by atomic mass is 9.59. The Kier molecular flexibility index (Phi) is 4.30. The highest BCUT2D eigenvalue weighted by molar-refractivity contribution is 5.90. The van der Waals surface area contributed by atoms with Crippen LogP contribution in [0.4, 0.5) is 13.2 Å². The predicted molar refractivity (Wildman–Crippen MR) is 94.1 cm³/mol. The summed E-state index contributed by atoms with van der Waals surface area (Å²) in [7, 11) is 0. The molecular weight excluding hydrogens is 373 g/mol. The third-order valence-corrected chi connectivity index (χ3v) is 5.87. The molecule has 0 spiro atoms.